The molecule has 39 heavy (non-hydrogen) atoms. The minimum Gasteiger partial charge on any atom is -0.480 e. The summed E-state index contributed by atoms with van der Waals surface area (Å²) >= 11 is 12.9. The smallest absolute Gasteiger partial charge is 0.326 e. The average molecular weight is 589 g/mol. The van der Waals surface area contributed by atoms with Crippen LogP contribution in [0.3, 0.4) is 0 Å². The molecule has 3 N–H and O–H groups in total. The SMILES string of the molecule is CS(=O)(=O)c1cccc(C[C@H](NC(=O)c2c(Cl)cc3cc(C(=O)NCc4ccco4)ccc3c2Cl)C(=O)O)c1. The number of carboxylic acid groups (broad SMARTS) is 1. The molecular formula is C27H22Cl2N2O7S. The maximum atomic E-state index is 13.1. The van der Waals surface area contributed by atoms with E-state index in [9.17, 15) is 27.9 Å². The Bertz CT molecular complexity index is 1690. The van der Waals surface area contributed by atoms with Gasteiger partial charge in [-0.2, -0.15) is 0 Å². The van der Waals surface area contributed by atoms with Crippen LogP contribution >= 0.6 is 23.2 Å². The van der Waals surface area contributed by atoms with Crippen LogP contribution in [0.2, 0.25) is 10.0 Å². The minimum absolute atomic E-state index is 0.0132. The summed E-state index contributed by atoms with van der Waals surface area (Å²) in [6.45, 7) is 0.202. The maximum absolute atomic E-state index is 13.1. The Hall–Kier alpha value is -3.86. The molecule has 0 unspecified atom stereocenters. The number of carboxylic acids is 1. The van der Waals surface area contributed by atoms with Crippen LogP contribution in [-0.4, -0.2) is 43.6 Å². The highest BCUT2D eigenvalue weighted by Gasteiger charge is 2.25. The third kappa shape index (κ3) is 6.59. The summed E-state index contributed by atoms with van der Waals surface area (Å²) in [5.41, 5.74) is 0.608. The van der Waals surface area contributed by atoms with Crippen LogP contribution in [0.25, 0.3) is 10.8 Å². The van der Waals surface area contributed by atoms with Crippen molar-refractivity contribution in [2.45, 2.75) is 23.9 Å². The zero-order valence-corrected chi connectivity index (χ0v) is 22.7. The van der Waals surface area contributed by atoms with Crippen LogP contribution in [-0.2, 0) is 27.6 Å². The van der Waals surface area contributed by atoms with Gasteiger partial charge >= 0.3 is 5.97 Å². The lowest BCUT2D eigenvalue weighted by Gasteiger charge is -2.17. The highest BCUT2D eigenvalue weighted by Crippen LogP contribution is 2.34. The van der Waals surface area contributed by atoms with Crippen molar-refractivity contribution < 1.29 is 32.3 Å². The van der Waals surface area contributed by atoms with Gasteiger partial charge in [-0.3, -0.25) is 9.59 Å². The van der Waals surface area contributed by atoms with Gasteiger partial charge in [-0.15, -0.1) is 0 Å². The number of rotatable bonds is 9. The number of hydrogen-bond donors (Lipinski definition) is 3. The van der Waals surface area contributed by atoms with Crippen molar-refractivity contribution in [1.29, 1.82) is 0 Å². The molecule has 0 aliphatic heterocycles. The molecular weight excluding hydrogens is 567 g/mol. The zero-order valence-electron chi connectivity index (χ0n) is 20.4. The molecule has 0 saturated carbocycles. The lowest BCUT2D eigenvalue weighted by Crippen LogP contribution is -2.42. The van der Waals surface area contributed by atoms with Crippen LogP contribution in [0.5, 0.6) is 0 Å². The first-order valence-electron chi connectivity index (χ1n) is 11.5. The average Bonchev–Trinajstić information content (AvgIpc) is 3.40. The summed E-state index contributed by atoms with van der Waals surface area (Å²) in [6.07, 6.45) is 2.37. The molecule has 4 aromatic rings. The van der Waals surface area contributed by atoms with Crippen molar-refractivity contribution in [1.82, 2.24) is 10.6 Å². The second-order valence-electron chi connectivity index (χ2n) is 8.73. The Morgan fingerprint density at radius 2 is 1.77 bits per heavy atom. The Morgan fingerprint density at radius 3 is 2.44 bits per heavy atom. The fourth-order valence-corrected chi connectivity index (χ4v) is 5.33. The van der Waals surface area contributed by atoms with Gasteiger partial charge in [0.2, 0.25) is 0 Å². The Kier molecular flexibility index (Phi) is 8.29. The minimum atomic E-state index is -3.50. The summed E-state index contributed by atoms with van der Waals surface area (Å²) in [4.78, 5) is 37.6. The maximum Gasteiger partial charge on any atom is 0.326 e. The first kappa shape index (κ1) is 28.2. The van der Waals surface area contributed by atoms with E-state index in [1.165, 1.54) is 36.6 Å². The highest BCUT2D eigenvalue weighted by molar-refractivity contribution is 7.90. The lowest BCUT2D eigenvalue weighted by molar-refractivity contribution is -0.139. The number of nitrogens with one attached hydrogen (secondary N) is 2. The van der Waals surface area contributed by atoms with Crippen molar-refractivity contribution >= 4 is 61.6 Å². The van der Waals surface area contributed by atoms with E-state index in [1.807, 2.05) is 0 Å². The molecule has 0 fully saturated rings. The topological polar surface area (TPSA) is 143 Å². The van der Waals surface area contributed by atoms with Gasteiger partial charge in [0.1, 0.15) is 11.8 Å². The number of benzene rings is 3. The molecule has 9 nitrogen and oxygen atoms in total. The largest absolute Gasteiger partial charge is 0.480 e. The highest BCUT2D eigenvalue weighted by atomic mass is 35.5. The molecule has 12 heteroatoms. The Labute approximate surface area is 233 Å². The van der Waals surface area contributed by atoms with Crippen molar-refractivity contribution in [2.24, 2.45) is 0 Å². The van der Waals surface area contributed by atoms with Gasteiger partial charge in [0.05, 0.1) is 33.3 Å². The molecule has 0 saturated heterocycles. The van der Waals surface area contributed by atoms with E-state index < -0.39 is 27.8 Å². The van der Waals surface area contributed by atoms with Crippen LogP contribution in [0.4, 0.5) is 0 Å². The number of hydrogen-bond acceptors (Lipinski definition) is 6. The second-order valence-corrected chi connectivity index (χ2v) is 11.5. The number of carbonyl (C=O) groups excluding carboxylic acids is 2. The molecule has 0 bridgehead atoms. The normalized spacial score (nSPS) is 12.2. The first-order valence-corrected chi connectivity index (χ1v) is 14.1. The zero-order chi connectivity index (χ0) is 28.3. The van der Waals surface area contributed by atoms with Gasteiger partial charge in [-0.25, -0.2) is 13.2 Å². The van der Waals surface area contributed by atoms with Crippen molar-refractivity contribution in [3.05, 3.63) is 99.4 Å². The summed E-state index contributed by atoms with van der Waals surface area (Å²) in [5, 5.41) is 15.7. The Balaban J connectivity index is 1.56. The van der Waals surface area contributed by atoms with E-state index in [0.29, 0.717) is 27.7 Å². The van der Waals surface area contributed by atoms with E-state index in [0.717, 1.165) is 6.26 Å². The molecule has 3 aromatic carbocycles. The van der Waals surface area contributed by atoms with E-state index in [1.54, 1.807) is 30.3 Å². The molecule has 1 heterocycles. The standard InChI is InChI=1S/C27H22Cl2N2O7S/c1-39(36,37)19-6-2-4-15(10-19)11-22(27(34)35)31-26(33)23-21(28)13-17-12-16(7-8-20(17)24(23)29)25(32)30-14-18-5-3-9-38-18/h2-10,12-13,22H,11,14H2,1H3,(H,30,32)(H,31,33)(H,34,35)/t22-/m0/s1. The predicted molar refractivity (Wildman–Crippen MR) is 146 cm³/mol. The summed E-state index contributed by atoms with van der Waals surface area (Å²) in [7, 11) is -3.50. The summed E-state index contributed by atoms with van der Waals surface area (Å²) in [5.74, 6) is -1.91. The van der Waals surface area contributed by atoms with Crippen molar-refractivity contribution in [3.8, 4) is 0 Å². The van der Waals surface area contributed by atoms with Crippen molar-refractivity contribution in [3.63, 3.8) is 0 Å². The fourth-order valence-electron chi connectivity index (χ4n) is 3.93. The fraction of sp³-hybridized carbons (Fsp3) is 0.148. The van der Waals surface area contributed by atoms with E-state index in [-0.39, 0.29) is 39.4 Å². The Morgan fingerprint density at radius 1 is 1.00 bits per heavy atom. The molecule has 1 atom stereocenters. The van der Waals surface area contributed by atoms with Gasteiger partial charge in [-0.05, 0) is 53.4 Å². The number of furan rings is 1. The van der Waals surface area contributed by atoms with Crippen LogP contribution < -0.4 is 10.6 Å². The molecule has 2 amide bonds. The number of amides is 2. The third-order valence-electron chi connectivity index (χ3n) is 5.89. The molecule has 1 aromatic heterocycles. The van der Waals surface area contributed by atoms with E-state index in [2.05, 4.69) is 10.6 Å². The summed E-state index contributed by atoms with van der Waals surface area (Å²) in [6, 6.07) is 14.0. The molecule has 0 aliphatic rings. The molecule has 0 aliphatic carbocycles. The van der Waals surface area contributed by atoms with E-state index >= 15 is 0 Å². The van der Waals surface area contributed by atoms with E-state index in [4.69, 9.17) is 27.6 Å². The lowest BCUT2D eigenvalue weighted by atomic mass is 10.0. The van der Waals surface area contributed by atoms with Gasteiger partial charge in [0.15, 0.2) is 9.84 Å². The first-order chi connectivity index (χ1) is 18.4. The van der Waals surface area contributed by atoms with Crippen LogP contribution in [0.15, 0.2) is 76.2 Å². The molecule has 4 rings (SSSR count). The third-order valence-corrected chi connectivity index (χ3v) is 7.69. The van der Waals surface area contributed by atoms with Crippen LogP contribution in [0.1, 0.15) is 32.0 Å². The predicted octanol–water partition coefficient (Wildman–Crippen LogP) is 4.50. The molecule has 202 valence electrons. The molecule has 0 spiro atoms. The van der Waals surface area contributed by atoms with Crippen molar-refractivity contribution in [2.75, 3.05) is 6.26 Å². The number of halogens is 2. The number of carbonyl (C=O) groups is 3. The number of sulfone groups is 1. The number of fused-ring (bicyclic) bond motifs is 1. The number of aliphatic carboxylic acids is 1. The van der Waals surface area contributed by atoms with Crippen LogP contribution in [0, 0.1) is 0 Å². The molecule has 0 radical (unpaired) electrons. The van der Waals surface area contributed by atoms with Gasteiger partial charge in [0.25, 0.3) is 11.8 Å². The monoisotopic (exact) mass is 588 g/mol. The summed E-state index contributed by atoms with van der Waals surface area (Å²) < 4.78 is 28.9. The van der Waals surface area contributed by atoms with Gasteiger partial charge in [-0.1, -0.05) is 41.4 Å². The van der Waals surface area contributed by atoms with Gasteiger partial charge < -0.3 is 20.2 Å². The van der Waals surface area contributed by atoms with Gasteiger partial charge in [0, 0.05) is 23.6 Å². The second kappa shape index (κ2) is 11.5. The quantitative estimate of drug-likeness (QED) is 0.261.